The van der Waals surface area contributed by atoms with Crippen molar-refractivity contribution in [3.8, 4) is 11.5 Å². The molecule has 0 aromatic heterocycles. The first-order valence-corrected chi connectivity index (χ1v) is 7.46. The lowest BCUT2D eigenvalue weighted by atomic mass is 10.2. The van der Waals surface area contributed by atoms with Gasteiger partial charge >= 0.3 is 5.97 Å². The van der Waals surface area contributed by atoms with Gasteiger partial charge in [0.2, 0.25) is 0 Å². The summed E-state index contributed by atoms with van der Waals surface area (Å²) in [6.45, 7) is -0.445. The van der Waals surface area contributed by atoms with Crippen LogP contribution in [0.25, 0.3) is 0 Å². The number of carbonyl (C=O) groups is 2. The number of halogens is 2. The number of rotatable bonds is 6. The third kappa shape index (κ3) is 4.84. The second kappa shape index (κ2) is 8.34. The molecular weight excluding hydrogens is 353 g/mol. The molecule has 2 aromatic carbocycles. The molecule has 0 spiro atoms. The predicted octanol–water partition coefficient (Wildman–Crippen LogP) is 3.29. The highest BCUT2D eigenvalue weighted by Gasteiger charge is 2.16. The second-order valence-corrected chi connectivity index (χ2v) is 5.25. The fraction of sp³-hybridized carbons (Fsp3) is 0.176. The molecule has 25 heavy (non-hydrogen) atoms. The lowest BCUT2D eigenvalue weighted by Gasteiger charge is -2.12. The van der Waals surface area contributed by atoms with Gasteiger partial charge in [-0.1, -0.05) is 11.6 Å². The Hall–Kier alpha value is -2.80. The van der Waals surface area contributed by atoms with Crippen LogP contribution in [-0.2, 0) is 9.53 Å². The van der Waals surface area contributed by atoms with Crippen LogP contribution < -0.4 is 14.8 Å². The molecule has 1 amide bonds. The number of ether oxygens (including phenoxy) is 3. The zero-order chi connectivity index (χ0) is 18.4. The lowest BCUT2D eigenvalue weighted by molar-refractivity contribution is -0.118. The molecule has 0 bridgehead atoms. The summed E-state index contributed by atoms with van der Waals surface area (Å²) in [5.74, 6) is -1.36. The van der Waals surface area contributed by atoms with E-state index in [0.717, 1.165) is 6.07 Å². The van der Waals surface area contributed by atoms with Crippen LogP contribution in [0.5, 0.6) is 11.5 Å². The Balaban J connectivity index is 2.09. The predicted molar refractivity (Wildman–Crippen MR) is 89.9 cm³/mol. The van der Waals surface area contributed by atoms with Gasteiger partial charge < -0.3 is 19.5 Å². The number of amides is 1. The van der Waals surface area contributed by atoms with Gasteiger partial charge in [-0.2, -0.15) is 0 Å². The minimum absolute atomic E-state index is 0.0307. The van der Waals surface area contributed by atoms with E-state index in [1.807, 2.05) is 0 Å². The first-order valence-electron chi connectivity index (χ1n) is 7.08. The highest BCUT2D eigenvalue weighted by atomic mass is 35.5. The molecule has 1 N–H and O–H groups in total. The van der Waals surface area contributed by atoms with Crippen molar-refractivity contribution in [2.45, 2.75) is 0 Å². The molecule has 0 aliphatic rings. The van der Waals surface area contributed by atoms with Crippen molar-refractivity contribution in [3.05, 3.63) is 52.8 Å². The standard InChI is InChI=1S/C17H15ClFNO5/c1-23-11-4-5-12(17(22)24-2)15(8-11)25-9-16(21)20-14-6-3-10(18)7-13(14)19/h3-8H,9H2,1-2H3,(H,20,21). The summed E-state index contributed by atoms with van der Waals surface area (Å²) in [4.78, 5) is 23.7. The molecule has 0 aliphatic carbocycles. The molecule has 0 aliphatic heterocycles. The third-order valence-electron chi connectivity index (χ3n) is 3.16. The summed E-state index contributed by atoms with van der Waals surface area (Å²) >= 11 is 5.65. The van der Waals surface area contributed by atoms with E-state index in [0.29, 0.717) is 5.75 Å². The Morgan fingerprint density at radius 1 is 1.16 bits per heavy atom. The number of hydrogen-bond acceptors (Lipinski definition) is 5. The first kappa shape index (κ1) is 18.5. The van der Waals surface area contributed by atoms with Gasteiger partial charge in [-0.05, 0) is 30.3 Å². The molecule has 132 valence electrons. The van der Waals surface area contributed by atoms with Crippen molar-refractivity contribution in [1.82, 2.24) is 0 Å². The topological polar surface area (TPSA) is 73.9 Å². The van der Waals surface area contributed by atoms with Crippen LogP contribution in [0, 0.1) is 5.82 Å². The highest BCUT2D eigenvalue weighted by Crippen LogP contribution is 2.25. The van der Waals surface area contributed by atoms with Crippen LogP contribution in [0.1, 0.15) is 10.4 Å². The number of esters is 1. The lowest BCUT2D eigenvalue weighted by Crippen LogP contribution is -2.21. The van der Waals surface area contributed by atoms with E-state index in [2.05, 4.69) is 10.1 Å². The fourth-order valence-electron chi connectivity index (χ4n) is 1.95. The van der Waals surface area contributed by atoms with Gasteiger partial charge in [0.1, 0.15) is 22.9 Å². The summed E-state index contributed by atoms with van der Waals surface area (Å²) in [5, 5.41) is 2.57. The van der Waals surface area contributed by atoms with Crippen molar-refractivity contribution in [3.63, 3.8) is 0 Å². The second-order valence-electron chi connectivity index (χ2n) is 4.81. The third-order valence-corrected chi connectivity index (χ3v) is 3.39. The molecule has 6 nitrogen and oxygen atoms in total. The van der Waals surface area contributed by atoms with E-state index in [9.17, 15) is 14.0 Å². The average Bonchev–Trinajstić information content (AvgIpc) is 2.61. The van der Waals surface area contributed by atoms with Crippen molar-refractivity contribution < 1.29 is 28.2 Å². The Bertz CT molecular complexity index is 797. The molecule has 0 heterocycles. The summed E-state index contributed by atoms with van der Waals surface area (Å²) in [6.07, 6.45) is 0. The van der Waals surface area contributed by atoms with Crippen LogP contribution in [-0.4, -0.2) is 32.7 Å². The van der Waals surface area contributed by atoms with Gasteiger partial charge in [0.05, 0.1) is 19.9 Å². The molecule has 2 aromatic rings. The Kier molecular flexibility index (Phi) is 6.19. The van der Waals surface area contributed by atoms with Crippen LogP contribution in [0.15, 0.2) is 36.4 Å². The average molecular weight is 368 g/mol. The molecular formula is C17H15ClFNO5. The van der Waals surface area contributed by atoms with Crippen LogP contribution in [0.2, 0.25) is 5.02 Å². The van der Waals surface area contributed by atoms with E-state index < -0.39 is 24.3 Å². The monoisotopic (exact) mass is 367 g/mol. The van der Waals surface area contributed by atoms with Gasteiger partial charge in [-0.15, -0.1) is 0 Å². The van der Waals surface area contributed by atoms with Crippen LogP contribution in [0.3, 0.4) is 0 Å². The maximum atomic E-state index is 13.7. The molecule has 0 radical (unpaired) electrons. The molecule has 0 saturated carbocycles. The quantitative estimate of drug-likeness (QED) is 0.793. The van der Waals surface area contributed by atoms with E-state index in [1.165, 1.54) is 38.5 Å². The zero-order valence-corrected chi connectivity index (χ0v) is 14.2. The maximum Gasteiger partial charge on any atom is 0.341 e. The molecule has 0 unspecified atom stereocenters. The Morgan fingerprint density at radius 3 is 2.56 bits per heavy atom. The summed E-state index contributed by atoms with van der Waals surface area (Å²) < 4.78 is 28.7. The van der Waals surface area contributed by atoms with Crippen molar-refractivity contribution in [1.29, 1.82) is 0 Å². The first-order chi connectivity index (χ1) is 11.9. The van der Waals surface area contributed by atoms with E-state index in [4.69, 9.17) is 21.1 Å². The molecule has 2 rings (SSSR count). The normalized spacial score (nSPS) is 10.1. The number of methoxy groups -OCH3 is 2. The molecule has 0 saturated heterocycles. The summed E-state index contributed by atoms with van der Waals surface area (Å²) in [6, 6.07) is 8.32. The van der Waals surface area contributed by atoms with Gasteiger partial charge in [0.25, 0.3) is 5.91 Å². The van der Waals surface area contributed by atoms with E-state index in [1.54, 1.807) is 6.07 Å². The minimum atomic E-state index is -0.669. The summed E-state index contributed by atoms with van der Waals surface area (Å²) in [7, 11) is 2.68. The van der Waals surface area contributed by atoms with Crippen molar-refractivity contribution in [2.75, 3.05) is 26.1 Å². The minimum Gasteiger partial charge on any atom is -0.497 e. The Morgan fingerprint density at radius 2 is 1.92 bits per heavy atom. The largest absolute Gasteiger partial charge is 0.497 e. The number of hydrogen-bond donors (Lipinski definition) is 1. The van der Waals surface area contributed by atoms with Gasteiger partial charge in [0, 0.05) is 11.1 Å². The van der Waals surface area contributed by atoms with Crippen molar-refractivity contribution in [2.24, 2.45) is 0 Å². The van der Waals surface area contributed by atoms with Crippen molar-refractivity contribution >= 4 is 29.2 Å². The zero-order valence-electron chi connectivity index (χ0n) is 13.5. The molecule has 0 fully saturated rings. The van der Waals surface area contributed by atoms with E-state index in [-0.39, 0.29) is 22.0 Å². The smallest absolute Gasteiger partial charge is 0.341 e. The fourth-order valence-corrected chi connectivity index (χ4v) is 2.11. The maximum absolute atomic E-state index is 13.7. The molecule has 8 heteroatoms. The number of benzene rings is 2. The number of anilines is 1. The number of carbonyl (C=O) groups excluding carboxylic acids is 2. The Labute approximate surface area is 148 Å². The molecule has 0 atom stereocenters. The SMILES string of the molecule is COC(=O)c1ccc(OC)cc1OCC(=O)Nc1ccc(Cl)cc1F. The van der Waals surface area contributed by atoms with Gasteiger partial charge in [-0.25, -0.2) is 9.18 Å². The van der Waals surface area contributed by atoms with Gasteiger partial charge in [-0.3, -0.25) is 4.79 Å². The van der Waals surface area contributed by atoms with Crippen LogP contribution >= 0.6 is 11.6 Å². The highest BCUT2D eigenvalue weighted by molar-refractivity contribution is 6.30. The van der Waals surface area contributed by atoms with Crippen LogP contribution in [0.4, 0.5) is 10.1 Å². The number of nitrogens with one attached hydrogen (secondary N) is 1. The van der Waals surface area contributed by atoms with Gasteiger partial charge in [0.15, 0.2) is 6.61 Å². The summed E-state index contributed by atoms with van der Waals surface area (Å²) in [5.41, 5.74) is 0.102. The van der Waals surface area contributed by atoms with E-state index >= 15 is 0 Å².